The molecule has 2 heteroatoms. The van der Waals surface area contributed by atoms with E-state index in [9.17, 15) is 0 Å². The molecule has 0 heterocycles. The molecule has 0 aliphatic carbocycles. The summed E-state index contributed by atoms with van der Waals surface area (Å²) in [6.07, 6.45) is 6.76. The zero-order valence-electron chi connectivity index (χ0n) is 11.0. The van der Waals surface area contributed by atoms with Gasteiger partial charge in [-0.2, -0.15) is 0 Å². The fourth-order valence-corrected chi connectivity index (χ4v) is 1.54. The summed E-state index contributed by atoms with van der Waals surface area (Å²) in [6.45, 7) is 10.6. The van der Waals surface area contributed by atoms with Gasteiger partial charge < -0.3 is 10.1 Å². The van der Waals surface area contributed by atoms with E-state index in [0.717, 1.165) is 13.2 Å². The predicted octanol–water partition coefficient (Wildman–Crippen LogP) is 3.36. The van der Waals surface area contributed by atoms with Crippen LogP contribution in [0.2, 0.25) is 0 Å². The molecule has 0 amide bonds. The van der Waals surface area contributed by atoms with Gasteiger partial charge >= 0.3 is 0 Å². The van der Waals surface area contributed by atoms with Crippen LogP contribution in [-0.2, 0) is 4.74 Å². The largest absolute Gasteiger partial charge is 0.377 e. The SMILES string of the molecule is CCCCCC(COC(C)C)NCCC. The van der Waals surface area contributed by atoms with Gasteiger partial charge in [0.1, 0.15) is 0 Å². The fourth-order valence-electron chi connectivity index (χ4n) is 1.54. The van der Waals surface area contributed by atoms with Crippen LogP contribution in [0, 0.1) is 0 Å². The van der Waals surface area contributed by atoms with Crippen molar-refractivity contribution in [2.45, 2.75) is 71.9 Å². The third-order valence-corrected chi connectivity index (χ3v) is 2.47. The minimum absolute atomic E-state index is 0.349. The summed E-state index contributed by atoms with van der Waals surface area (Å²) in [6, 6.07) is 0.555. The van der Waals surface area contributed by atoms with Crippen molar-refractivity contribution in [2.24, 2.45) is 0 Å². The Morgan fingerprint density at radius 3 is 2.33 bits per heavy atom. The molecule has 0 aliphatic heterocycles. The third kappa shape index (κ3) is 10.2. The molecule has 1 atom stereocenters. The van der Waals surface area contributed by atoms with Gasteiger partial charge in [0.05, 0.1) is 12.7 Å². The Morgan fingerprint density at radius 2 is 1.80 bits per heavy atom. The molecule has 1 unspecified atom stereocenters. The summed E-state index contributed by atoms with van der Waals surface area (Å²) in [7, 11) is 0. The lowest BCUT2D eigenvalue weighted by atomic mass is 10.1. The summed E-state index contributed by atoms with van der Waals surface area (Å²) in [4.78, 5) is 0. The molecule has 1 N–H and O–H groups in total. The second-order valence-electron chi connectivity index (χ2n) is 4.53. The van der Waals surface area contributed by atoms with E-state index >= 15 is 0 Å². The van der Waals surface area contributed by atoms with Crippen molar-refractivity contribution in [3.8, 4) is 0 Å². The van der Waals surface area contributed by atoms with Gasteiger partial charge in [-0.15, -0.1) is 0 Å². The molecule has 92 valence electrons. The van der Waals surface area contributed by atoms with Crippen LogP contribution in [0.4, 0.5) is 0 Å². The Bertz CT molecular complexity index is 126. The van der Waals surface area contributed by atoms with Gasteiger partial charge in [-0.25, -0.2) is 0 Å². The second-order valence-corrected chi connectivity index (χ2v) is 4.53. The van der Waals surface area contributed by atoms with Gasteiger partial charge in [-0.05, 0) is 33.2 Å². The zero-order valence-corrected chi connectivity index (χ0v) is 11.0. The van der Waals surface area contributed by atoms with E-state index in [1.165, 1.54) is 32.1 Å². The van der Waals surface area contributed by atoms with E-state index in [1.54, 1.807) is 0 Å². The molecule has 0 bridgehead atoms. The summed E-state index contributed by atoms with van der Waals surface area (Å²) in [5, 5.41) is 3.56. The highest BCUT2D eigenvalue weighted by atomic mass is 16.5. The Balaban J connectivity index is 3.63. The number of hydrogen-bond donors (Lipinski definition) is 1. The standard InChI is InChI=1S/C13H29NO/c1-5-7-8-9-13(14-10-6-2)11-15-12(3)4/h12-14H,5-11H2,1-4H3. The lowest BCUT2D eigenvalue weighted by molar-refractivity contribution is 0.0590. The maximum absolute atomic E-state index is 5.67. The van der Waals surface area contributed by atoms with Crippen LogP contribution in [0.15, 0.2) is 0 Å². The van der Waals surface area contributed by atoms with Crippen LogP contribution in [-0.4, -0.2) is 25.3 Å². The first-order valence-corrected chi connectivity index (χ1v) is 6.55. The molecule has 0 aromatic carbocycles. The van der Waals surface area contributed by atoms with Crippen molar-refractivity contribution in [1.82, 2.24) is 5.32 Å². The molecule has 15 heavy (non-hydrogen) atoms. The van der Waals surface area contributed by atoms with Crippen molar-refractivity contribution in [3.05, 3.63) is 0 Å². The molecule has 0 fully saturated rings. The van der Waals surface area contributed by atoms with Crippen LogP contribution in [0.25, 0.3) is 0 Å². The first kappa shape index (κ1) is 14.9. The van der Waals surface area contributed by atoms with Crippen LogP contribution in [0.1, 0.15) is 59.8 Å². The van der Waals surface area contributed by atoms with Crippen LogP contribution < -0.4 is 5.32 Å². The van der Waals surface area contributed by atoms with E-state index in [0.29, 0.717) is 12.1 Å². The topological polar surface area (TPSA) is 21.3 Å². The highest BCUT2D eigenvalue weighted by Gasteiger charge is 2.08. The molecule has 0 radical (unpaired) electrons. The smallest absolute Gasteiger partial charge is 0.0623 e. The summed E-state index contributed by atoms with van der Waals surface area (Å²) in [5.74, 6) is 0. The Morgan fingerprint density at radius 1 is 1.07 bits per heavy atom. The maximum Gasteiger partial charge on any atom is 0.0623 e. The Hall–Kier alpha value is -0.0800. The molecule has 0 aromatic rings. The minimum Gasteiger partial charge on any atom is -0.377 e. The maximum atomic E-state index is 5.67. The van der Waals surface area contributed by atoms with Crippen molar-refractivity contribution in [3.63, 3.8) is 0 Å². The summed E-state index contributed by atoms with van der Waals surface area (Å²) < 4.78 is 5.67. The van der Waals surface area contributed by atoms with E-state index in [2.05, 4.69) is 33.0 Å². The molecule has 0 aromatic heterocycles. The predicted molar refractivity (Wildman–Crippen MR) is 67.3 cm³/mol. The third-order valence-electron chi connectivity index (χ3n) is 2.47. The zero-order chi connectivity index (χ0) is 11.5. The number of nitrogens with one attached hydrogen (secondary N) is 1. The molecular weight excluding hydrogens is 186 g/mol. The lowest BCUT2D eigenvalue weighted by Gasteiger charge is -2.19. The monoisotopic (exact) mass is 215 g/mol. The van der Waals surface area contributed by atoms with Gasteiger partial charge in [-0.3, -0.25) is 0 Å². The number of rotatable bonds is 10. The van der Waals surface area contributed by atoms with Crippen molar-refractivity contribution in [1.29, 1.82) is 0 Å². The summed E-state index contributed by atoms with van der Waals surface area (Å²) in [5.41, 5.74) is 0. The van der Waals surface area contributed by atoms with Gasteiger partial charge in [0.15, 0.2) is 0 Å². The Kier molecular flexibility index (Phi) is 10.4. The minimum atomic E-state index is 0.349. The van der Waals surface area contributed by atoms with E-state index in [4.69, 9.17) is 4.74 Å². The van der Waals surface area contributed by atoms with E-state index in [-0.39, 0.29) is 0 Å². The van der Waals surface area contributed by atoms with Gasteiger partial charge in [-0.1, -0.05) is 33.1 Å². The normalized spacial score (nSPS) is 13.4. The average Bonchev–Trinajstić information content (AvgIpc) is 2.21. The van der Waals surface area contributed by atoms with Crippen molar-refractivity contribution >= 4 is 0 Å². The fraction of sp³-hybridized carbons (Fsp3) is 1.00. The highest BCUT2D eigenvalue weighted by Crippen LogP contribution is 2.05. The second kappa shape index (κ2) is 10.4. The summed E-state index contributed by atoms with van der Waals surface area (Å²) >= 11 is 0. The van der Waals surface area contributed by atoms with Crippen molar-refractivity contribution < 1.29 is 4.74 Å². The first-order valence-electron chi connectivity index (χ1n) is 6.55. The van der Waals surface area contributed by atoms with Crippen LogP contribution >= 0.6 is 0 Å². The lowest BCUT2D eigenvalue weighted by Crippen LogP contribution is -2.34. The number of hydrogen-bond acceptors (Lipinski definition) is 2. The van der Waals surface area contributed by atoms with E-state index in [1.807, 2.05) is 0 Å². The average molecular weight is 215 g/mol. The molecule has 2 nitrogen and oxygen atoms in total. The Labute approximate surface area is 95.8 Å². The van der Waals surface area contributed by atoms with Gasteiger partial charge in [0.25, 0.3) is 0 Å². The van der Waals surface area contributed by atoms with E-state index < -0.39 is 0 Å². The molecule has 0 spiro atoms. The van der Waals surface area contributed by atoms with Crippen molar-refractivity contribution in [2.75, 3.05) is 13.2 Å². The molecular formula is C13H29NO. The molecule has 0 aliphatic rings. The molecule has 0 rings (SSSR count). The number of unbranched alkanes of at least 4 members (excludes halogenated alkanes) is 2. The molecule has 0 saturated heterocycles. The first-order chi connectivity index (χ1) is 7.20. The quantitative estimate of drug-likeness (QED) is 0.564. The van der Waals surface area contributed by atoms with Crippen LogP contribution in [0.5, 0.6) is 0 Å². The molecule has 0 saturated carbocycles. The van der Waals surface area contributed by atoms with Gasteiger partial charge in [0.2, 0.25) is 0 Å². The number of ether oxygens (including phenoxy) is 1. The van der Waals surface area contributed by atoms with Gasteiger partial charge in [0, 0.05) is 6.04 Å². The van der Waals surface area contributed by atoms with Crippen LogP contribution in [0.3, 0.4) is 0 Å². The highest BCUT2D eigenvalue weighted by molar-refractivity contribution is 4.66.